The Kier molecular flexibility index (Phi) is 9.43. The van der Waals surface area contributed by atoms with Gasteiger partial charge in [0.05, 0.1) is 5.56 Å². The first-order valence-corrected chi connectivity index (χ1v) is 13.7. The van der Waals surface area contributed by atoms with Crippen LogP contribution in [0.5, 0.6) is 0 Å². The van der Waals surface area contributed by atoms with E-state index in [0.717, 1.165) is 53.0 Å². The Morgan fingerprint density at radius 1 is 0.651 bits per heavy atom. The fourth-order valence-corrected chi connectivity index (χ4v) is 4.55. The first kappa shape index (κ1) is 29.5. The predicted octanol–water partition coefficient (Wildman–Crippen LogP) is 7.69. The zero-order chi connectivity index (χ0) is 30.1. The van der Waals surface area contributed by atoms with Crippen LogP contribution in [0.15, 0.2) is 122 Å². The van der Waals surface area contributed by atoms with Crippen molar-refractivity contribution in [1.82, 2.24) is 20.2 Å². The number of carbonyl (C=O) groups is 1. The number of rotatable bonds is 10. The molecule has 0 aliphatic heterocycles. The highest BCUT2D eigenvalue weighted by Gasteiger charge is 2.30. The average Bonchev–Trinajstić information content (AvgIpc) is 3.02. The molecule has 5 aromatic rings. The van der Waals surface area contributed by atoms with Gasteiger partial charge in [-0.15, -0.1) is 0 Å². The number of alkyl halides is 3. The molecule has 2 N–H and O–H groups in total. The number of amides is 2. The molecular weight excluding hydrogens is 551 g/mol. The number of urea groups is 1. The summed E-state index contributed by atoms with van der Waals surface area (Å²) in [6.07, 6.45) is 2.50. The van der Waals surface area contributed by atoms with Gasteiger partial charge in [-0.05, 0) is 69.8 Å². The van der Waals surface area contributed by atoms with Crippen molar-refractivity contribution in [2.24, 2.45) is 0 Å². The van der Waals surface area contributed by atoms with E-state index in [4.69, 9.17) is 0 Å². The predicted molar refractivity (Wildman–Crippen MR) is 161 cm³/mol. The van der Waals surface area contributed by atoms with Gasteiger partial charge < -0.3 is 15.5 Å². The molecule has 43 heavy (non-hydrogen) atoms. The monoisotopic (exact) mass is 581 g/mol. The third-order valence-electron chi connectivity index (χ3n) is 6.84. The van der Waals surface area contributed by atoms with Gasteiger partial charge in [-0.1, -0.05) is 60.7 Å². The minimum atomic E-state index is -4.44. The van der Waals surface area contributed by atoms with E-state index in [1.54, 1.807) is 29.6 Å². The largest absolute Gasteiger partial charge is 0.416 e. The molecule has 0 fully saturated rings. The zero-order valence-electron chi connectivity index (χ0n) is 23.3. The highest BCUT2D eigenvalue weighted by molar-refractivity contribution is 5.89. The molecular formula is C34H30F3N5O. The molecule has 0 bridgehead atoms. The summed E-state index contributed by atoms with van der Waals surface area (Å²) in [5.41, 5.74) is 5.68. The van der Waals surface area contributed by atoms with Crippen molar-refractivity contribution in [2.45, 2.75) is 32.4 Å². The lowest BCUT2D eigenvalue weighted by molar-refractivity contribution is -0.137. The van der Waals surface area contributed by atoms with Gasteiger partial charge in [0.1, 0.15) is 0 Å². The van der Waals surface area contributed by atoms with Crippen LogP contribution in [-0.4, -0.2) is 20.9 Å². The molecule has 0 aliphatic carbocycles. The SMILES string of the molecule is O=C(Nc1ccc(C(F)(F)F)cc1)N(Cc1ccc(-c2ccc(CNCc3cccnc3)cc2)cc1)Cc1cccnc1. The molecule has 3 aromatic carbocycles. The topological polar surface area (TPSA) is 70.2 Å². The molecule has 0 atom stereocenters. The Labute approximate surface area is 248 Å². The Balaban J connectivity index is 1.23. The van der Waals surface area contributed by atoms with Crippen LogP contribution >= 0.6 is 0 Å². The minimum absolute atomic E-state index is 0.276. The molecule has 9 heteroatoms. The Morgan fingerprint density at radius 2 is 1.19 bits per heavy atom. The maximum absolute atomic E-state index is 13.2. The van der Waals surface area contributed by atoms with Gasteiger partial charge in [-0.3, -0.25) is 9.97 Å². The van der Waals surface area contributed by atoms with Crippen molar-refractivity contribution >= 4 is 11.7 Å². The van der Waals surface area contributed by atoms with E-state index in [1.807, 2.05) is 48.7 Å². The van der Waals surface area contributed by atoms with E-state index in [2.05, 4.69) is 44.9 Å². The lowest BCUT2D eigenvalue weighted by Gasteiger charge is -2.23. The van der Waals surface area contributed by atoms with Gasteiger partial charge in [0.25, 0.3) is 0 Å². The molecule has 218 valence electrons. The van der Waals surface area contributed by atoms with E-state index in [0.29, 0.717) is 6.54 Å². The summed E-state index contributed by atoms with van der Waals surface area (Å²) in [6.45, 7) is 2.06. The van der Waals surface area contributed by atoms with Crippen molar-refractivity contribution in [3.05, 3.63) is 150 Å². The number of aromatic nitrogens is 2. The number of nitrogens with zero attached hydrogens (tertiary/aromatic N) is 3. The number of halogens is 3. The highest BCUT2D eigenvalue weighted by Crippen LogP contribution is 2.30. The van der Waals surface area contributed by atoms with Crippen molar-refractivity contribution < 1.29 is 18.0 Å². The van der Waals surface area contributed by atoms with E-state index in [1.165, 1.54) is 17.7 Å². The zero-order valence-corrected chi connectivity index (χ0v) is 23.3. The van der Waals surface area contributed by atoms with Gasteiger partial charge in [-0.2, -0.15) is 13.2 Å². The molecule has 0 unspecified atom stereocenters. The van der Waals surface area contributed by atoms with Crippen LogP contribution in [0.1, 0.15) is 27.8 Å². The quantitative estimate of drug-likeness (QED) is 0.177. The van der Waals surface area contributed by atoms with Crippen molar-refractivity contribution in [3.8, 4) is 11.1 Å². The minimum Gasteiger partial charge on any atom is -0.316 e. The summed E-state index contributed by atoms with van der Waals surface area (Å²) in [6, 6.07) is 27.9. The molecule has 2 heterocycles. The maximum atomic E-state index is 13.2. The van der Waals surface area contributed by atoms with Crippen LogP contribution in [0, 0.1) is 0 Å². The van der Waals surface area contributed by atoms with Gasteiger partial charge in [0.15, 0.2) is 0 Å². The molecule has 5 rings (SSSR count). The molecule has 2 aromatic heterocycles. The second-order valence-electron chi connectivity index (χ2n) is 10.1. The first-order chi connectivity index (χ1) is 20.8. The number of nitrogens with one attached hydrogen (secondary N) is 2. The Hall–Kier alpha value is -5.02. The smallest absolute Gasteiger partial charge is 0.316 e. The molecule has 2 amide bonds. The third kappa shape index (κ3) is 8.50. The van der Waals surface area contributed by atoms with Gasteiger partial charge in [0, 0.05) is 56.7 Å². The average molecular weight is 582 g/mol. The summed E-state index contributed by atoms with van der Waals surface area (Å²) >= 11 is 0. The standard InChI is InChI=1S/C34H30F3N5O/c35-34(36,37)31-13-15-32(16-14-31)41-33(43)42(24-28-4-2-18-39-22-28)23-26-7-11-30(12-8-26)29-9-5-25(6-10-29)19-40-21-27-3-1-17-38-20-27/h1-18,20,22,40H,19,21,23-24H2,(H,41,43). The first-order valence-electron chi connectivity index (χ1n) is 13.7. The number of anilines is 1. The van der Waals surface area contributed by atoms with Crippen LogP contribution < -0.4 is 10.6 Å². The van der Waals surface area contributed by atoms with E-state index in [-0.39, 0.29) is 12.2 Å². The van der Waals surface area contributed by atoms with Gasteiger partial charge in [-0.25, -0.2) is 4.79 Å². The van der Waals surface area contributed by atoms with Gasteiger partial charge in [0.2, 0.25) is 0 Å². The van der Waals surface area contributed by atoms with Crippen LogP contribution in [0.4, 0.5) is 23.7 Å². The normalized spacial score (nSPS) is 11.2. The van der Waals surface area contributed by atoms with E-state index >= 15 is 0 Å². The molecule has 0 saturated carbocycles. The third-order valence-corrected chi connectivity index (χ3v) is 6.84. The van der Waals surface area contributed by atoms with Crippen LogP contribution in [-0.2, 0) is 32.4 Å². The summed E-state index contributed by atoms with van der Waals surface area (Å²) in [5.74, 6) is 0. The highest BCUT2D eigenvalue weighted by atomic mass is 19.4. The number of benzene rings is 3. The number of carbonyl (C=O) groups excluding carboxylic acids is 1. The molecule has 0 aliphatic rings. The van der Waals surface area contributed by atoms with Crippen molar-refractivity contribution in [1.29, 1.82) is 0 Å². The summed E-state index contributed by atoms with van der Waals surface area (Å²) in [5, 5.41) is 6.14. The van der Waals surface area contributed by atoms with Crippen molar-refractivity contribution in [2.75, 3.05) is 5.32 Å². The van der Waals surface area contributed by atoms with Crippen LogP contribution in [0.3, 0.4) is 0 Å². The molecule has 0 saturated heterocycles. The molecule has 0 spiro atoms. The van der Waals surface area contributed by atoms with Crippen molar-refractivity contribution in [3.63, 3.8) is 0 Å². The fourth-order valence-electron chi connectivity index (χ4n) is 4.55. The lowest BCUT2D eigenvalue weighted by atomic mass is 10.0. The second-order valence-corrected chi connectivity index (χ2v) is 10.1. The number of hydrogen-bond donors (Lipinski definition) is 2. The van der Waals surface area contributed by atoms with E-state index in [9.17, 15) is 18.0 Å². The summed E-state index contributed by atoms with van der Waals surface area (Å²) in [7, 11) is 0. The Morgan fingerprint density at radius 3 is 1.74 bits per heavy atom. The van der Waals surface area contributed by atoms with Crippen LogP contribution in [0.2, 0.25) is 0 Å². The number of pyridine rings is 2. The molecule has 6 nitrogen and oxygen atoms in total. The second kappa shape index (κ2) is 13.8. The van der Waals surface area contributed by atoms with E-state index < -0.39 is 17.8 Å². The van der Waals surface area contributed by atoms with Crippen LogP contribution in [0.25, 0.3) is 11.1 Å². The fraction of sp³-hybridized carbons (Fsp3) is 0.147. The van der Waals surface area contributed by atoms with Gasteiger partial charge >= 0.3 is 12.2 Å². The Bertz CT molecular complexity index is 1590. The maximum Gasteiger partial charge on any atom is 0.416 e. The lowest BCUT2D eigenvalue weighted by Crippen LogP contribution is -2.34. The summed E-state index contributed by atoms with van der Waals surface area (Å²) < 4.78 is 38.8. The summed E-state index contributed by atoms with van der Waals surface area (Å²) in [4.78, 5) is 23.1. The molecule has 0 radical (unpaired) electrons. The number of hydrogen-bond acceptors (Lipinski definition) is 4.